The fourth-order valence-corrected chi connectivity index (χ4v) is 7.21. The number of ether oxygens (including phenoxy) is 10. The number of carbonyl (C=O) groups is 2. The highest BCUT2D eigenvalue weighted by atomic mass is 16.6. The van der Waals surface area contributed by atoms with Crippen molar-refractivity contribution in [3.8, 4) is 11.1 Å². The topological polar surface area (TPSA) is 130 Å². The van der Waals surface area contributed by atoms with Crippen molar-refractivity contribution in [1.29, 1.82) is 0 Å². The molecule has 358 valence electrons. The second kappa shape index (κ2) is 38.2. The smallest absolute Gasteiger partial charge is 0.409 e. The number of hydrogen-bond acceptors (Lipinski definition) is 12. The van der Waals surface area contributed by atoms with E-state index in [0.717, 1.165) is 12.8 Å². The number of nitrogens with zero attached hydrogens (tertiary/aromatic N) is 1. The van der Waals surface area contributed by atoms with Crippen LogP contribution in [-0.2, 0) is 52.2 Å². The first-order valence-corrected chi connectivity index (χ1v) is 24.0. The van der Waals surface area contributed by atoms with Crippen LogP contribution in [0.4, 0.5) is 4.79 Å². The Bertz CT molecular complexity index is 1370. The van der Waals surface area contributed by atoms with Gasteiger partial charge in [0.05, 0.1) is 106 Å². The maximum Gasteiger partial charge on any atom is 0.409 e. The molecule has 3 rings (SSSR count). The summed E-state index contributed by atoms with van der Waals surface area (Å²) in [6, 6.07) is 16.6. The second-order valence-corrected chi connectivity index (χ2v) is 15.8. The fraction of sp³-hybridized carbons (Fsp3) is 0.720. The molecule has 13 heteroatoms. The molecule has 0 unspecified atom stereocenters. The average molecular weight is 888 g/mol. The molecule has 0 aromatic heterocycles. The van der Waals surface area contributed by atoms with E-state index < -0.39 is 0 Å². The summed E-state index contributed by atoms with van der Waals surface area (Å²) in [6.07, 6.45) is 16.9. The quantitative estimate of drug-likeness (QED) is 0.0466. The van der Waals surface area contributed by atoms with E-state index in [-0.39, 0.29) is 24.6 Å². The highest BCUT2D eigenvalue weighted by Gasteiger charge is 2.29. The van der Waals surface area contributed by atoms with Crippen LogP contribution in [0.2, 0.25) is 0 Å². The molecule has 0 saturated heterocycles. The van der Waals surface area contributed by atoms with Gasteiger partial charge >= 0.3 is 12.1 Å². The Morgan fingerprint density at radius 3 is 1.21 bits per heavy atom. The molecule has 0 N–H and O–H groups in total. The zero-order valence-electron chi connectivity index (χ0n) is 38.9. The number of esters is 1. The number of carbonyl (C=O) groups excluding carboxylic acids is 2. The molecule has 0 radical (unpaired) electrons. The molecule has 0 spiro atoms. The van der Waals surface area contributed by atoms with Gasteiger partial charge in [-0.1, -0.05) is 133 Å². The number of fused-ring (bicyclic) bond motifs is 3. The van der Waals surface area contributed by atoms with Crippen LogP contribution in [0.25, 0.3) is 11.1 Å². The molecule has 0 fully saturated rings. The molecular formula is C50H81NO12. The van der Waals surface area contributed by atoms with E-state index in [0.29, 0.717) is 125 Å². The van der Waals surface area contributed by atoms with E-state index >= 15 is 0 Å². The van der Waals surface area contributed by atoms with Gasteiger partial charge in [0.1, 0.15) is 13.2 Å². The van der Waals surface area contributed by atoms with Crippen LogP contribution in [-0.4, -0.2) is 149 Å². The molecule has 0 atom stereocenters. The molecule has 2 aromatic carbocycles. The summed E-state index contributed by atoms with van der Waals surface area (Å²) in [6.45, 7) is 10.6. The predicted molar refractivity (Wildman–Crippen MR) is 246 cm³/mol. The van der Waals surface area contributed by atoms with Crippen LogP contribution in [0.3, 0.4) is 0 Å². The van der Waals surface area contributed by atoms with Crippen molar-refractivity contribution >= 4 is 12.1 Å². The van der Waals surface area contributed by atoms with E-state index in [1.165, 1.54) is 97.8 Å². The van der Waals surface area contributed by atoms with Gasteiger partial charge < -0.3 is 52.3 Å². The summed E-state index contributed by atoms with van der Waals surface area (Å²) in [7, 11) is 1.72. The molecule has 1 amide bonds. The number of rotatable bonds is 43. The van der Waals surface area contributed by atoms with E-state index in [1.54, 1.807) is 7.05 Å². The van der Waals surface area contributed by atoms with E-state index in [9.17, 15) is 9.59 Å². The molecule has 0 saturated carbocycles. The summed E-state index contributed by atoms with van der Waals surface area (Å²) in [4.78, 5) is 26.1. The van der Waals surface area contributed by atoms with Crippen molar-refractivity contribution in [1.82, 2.24) is 4.90 Å². The molecule has 63 heavy (non-hydrogen) atoms. The summed E-state index contributed by atoms with van der Waals surface area (Å²) in [5, 5.41) is 0. The Labute approximate surface area is 379 Å². The lowest BCUT2D eigenvalue weighted by molar-refractivity contribution is -0.145. The van der Waals surface area contributed by atoms with Crippen molar-refractivity contribution in [2.45, 2.75) is 103 Å². The van der Waals surface area contributed by atoms with Crippen LogP contribution >= 0.6 is 0 Å². The zero-order valence-corrected chi connectivity index (χ0v) is 38.9. The third-order valence-corrected chi connectivity index (χ3v) is 10.8. The third-order valence-electron chi connectivity index (χ3n) is 10.8. The number of hydrogen-bond donors (Lipinski definition) is 0. The SMILES string of the molecule is CCCCCCCCCCCCCCCC(=O)OCCOCCOCCOCCOCCOCCOCCOCCOCCN(C)C(=O)OCC1c2ccccc2-c2ccccc21. The second-order valence-electron chi connectivity index (χ2n) is 15.8. The summed E-state index contributed by atoms with van der Waals surface area (Å²) < 4.78 is 55.3. The van der Waals surface area contributed by atoms with Crippen molar-refractivity contribution in [2.75, 3.05) is 133 Å². The van der Waals surface area contributed by atoms with Crippen LogP contribution < -0.4 is 0 Å². The van der Waals surface area contributed by atoms with Gasteiger partial charge in [0.25, 0.3) is 0 Å². The minimum Gasteiger partial charge on any atom is -0.463 e. The normalized spacial score (nSPS) is 12.1. The minimum absolute atomic E-state index is 0.0363. The van der Waals surface area contributed by atoms with Gasteiger partial charge in [0.2, 0.25) is 0 Å². The Morgan fingerprint density at radius 1 is 0.444 bits per heavy atom. The maximum absolute atomic E-state index is 12.6. The van der Waals surface area contributed by atoms with Gasteiger partial charge in [-0.2, -0.15) is 0 Å². The molecule has 0 aliphatic heterocycles. The average Bonchev–Trinajstić information content (AvgIpc) is 3.62. The monoisotopic (exact) mass is 888 g/mol. The van der Waals surface area contributed by atoms with Gasteiger partial charge in [-0.05, 0) is 28.7 Å². The molecule has 13 nitrogen and oxygen atoms in total. The van der Waals surface area contributed by atoms with Crippen LogP contribution in [0.5, 0.6) is 0 Å². The van der Waals surface area contributed by atoms with Crippen molar-refractivity contribution in [2.24, 2.45) is 0 Å². The first-order valence-electron chi connectivity index (χ1n) is 24.0. The van der Waals surface area contributed by atoms with Crippen LogP contribution in [0.1, 0.15) is 114 Å². The Morgan fingerprint density at radius 2 is 0.794 bits per heavy atom. The van der Waals surface area contributed by atoms with Crippen molar-refractivity contribution < 1.29 is 57.0 Å². The van der Waals surface area contributed by atoms with Gasteiger partial charge in [-0.3, -0.25) is 4.79 Å². The van der Waals surface area contributed by atoms with Crippen molar-refractivity contribution in [3.63, 3.8) is 0 Å². The summed E-state index contributed by atoms with van der Waals surface area (Å²) in [5.74, 6) is -0.0997. The molecule has 2 aromatic rings. The van der Waals surface area contributed by atoms with Crippen LogP contribution in [0.15, 0.2) is 48.5 Å². The zero-order chi connectivity index (χ0) is 44.7. The molecule has 1 aliphatic rings. The maximum atomic E-state index is 12.6. The largest absolute Gasteiger partial charge is 0.463 e. The first-order chi connectivity index (χ1) is 31.1. The lowest BCUT2D eigenvalue weighted by Gasteiger charge is -2.19. The summed E-state index contributed by atoms with van der Waals surface area (Å²) >= 11 is 0. The van der Waals surface area contributed by atoms with Gasteiger partial charge in [-0.15, -0.1) is 0 Å². The van der Waals surface area contributed by atoms with E-state index in [4.69, 9.17) is 47.4 Å². The van der Waals surface area contributed by atoms with Crippen molar-refractivity contribution in [3.05, 3.63) is 59.7 Å². The Balaban J connectivity index is 0.944. The Hall–Kier alpha value is -3.14. The first kappa shape index (κ1) is 54.2. The standard InChI is InChI=1S/C50H81NO12/c1-3-4-5-6-7-8-9-10-11-12-13-14-15-24-49(52)62-42-41-61-40-39-60-38-37-59-36-35-58-34-33-57-32-31-56-30-29-55-28-27-54-26-25-51(2)50(53)63-43-48-46-22-18-16-20-44(46)45-21-17-19-23-47(45)48/h16-23,48H,3-15,24-43H2,1-2H3. The molecule has 0 bridgehead atoms. The van der Waals surface area contributed by atoms with E-state index in [2.05, 4.69) is 31.2 Å². The lowest BCUT2D eigenvalue weighted by Crippen LogP contribution is -2.32. The molecule has 0 heterocycles. The summed E-state index contributed by atoms with van der Waals surface area (Å²) in [5.41, 5.74) is 4.79. The van der Waals surface area contributed by atoms with E-state index in [1.807, 2.05) is 24.3 Å². The highest BCUT2D eigenvalue weighted by molar-refractivity contribution is 5.79. The number of likely N-dealkylation sites (N-methyl/N-ethyl adjacent to an activating group) is 1. The van der Waals surface area contributed by atoms with Gasteiger partial charge in [0.15, 0.2) is 0 Å². The van der Waals surface area contributed by atoms with Gasteiger partial charge in [-0.25, -0.2) is 4.79 Å². The van der Waals surface area contributed by atoms with Crippen LogP contribution in [0, 0.1) is 0 Å². The fourth-order valence-electron chi connectivity index (χ4n) is 7.21. The lowest BCUT2D eigenvalue weighted by atomic mass is 9.98. The molecular weight excluding hydrogens is 807 g/mol. The van der Waals surface area contributed by atoms with Gasteiger partial charge in [0, 0.05) is 25.9 Å². The number of unbranched alkanes of at least 4 members (excludes halogenated alkanes) is 12. The molecule has 1 aliphatic carbocycles. The highest BCUT2D eigenvalue weighted by Crippen LogP contribution is 2.44. The number of amides is 1. The minimum atomic E-state index is -0.365. The Kier molecular flexibility index (Phi) is 32.8. The number of benzene rings is 2. The third kappa shape index (κ3) is 26.4. The predicted octanol–water partition coefficient (Wildman–Crippen LogP) is 9.02.